The molecule has 0 saturated carbocycles. The Morgan fingerprint density at radius 1 is 1.38 bits per heavy atom. The Morgan fingerprint density at radius 3 is 2.69 bits per heavy atom. The summed E-state index contributed by atoms with van der Waals surface area (Å²) in [5.74, 6) is 5.65. The molecule has 0 aliphatic rings. The van der Waals surface area contributed by atoms with Gasteiger partial charge in [0, 0.05) is 13.0 Å². The summed E-state index contributed by atoms with van der Waals surface area (Å²) in [7, 11) is -3.67. The summed E-state index contributed by atoms with van der Waals surface area (Å²) in [6.45, 7) is 2.35. The minimum absolute atomic E-state index is 0.111. The zero-order chi connectivity index (χ0) is 12.0. The molecular formula is C11H14N2O2S. The van der Waals surface area contributed by atoms with Crippen molar-refractivity contribution < 1.29 is 8.42 Å². The van der Waals surface area contributed by atoms with Crippen LogP contribution in [0.15, 0.2) is 29.2 Å². The van der Waals surface area contributed by atoms with Gasteiger partial charge in [0.15, 0.2) is 0 Å². The van der Waals surface area contributed by atoms with Crippen LogP contribution in [0.3, 0.4) is 0 Å². The fourth-order valence-corrected chi connectivity index (χ4v) is 1.96. The van der Waals surface area contributed by atoms with E-state index in [4.69, 9.17) is 5.14 Å². The van der Waals surface area contributed by atoms with E-state index in [1.54, 1.807) is 25.1 Å². The number of sulfonamides is 1. The Labute approximate surface area is 95.9 Å². The van der Waals surface area contributed by atoms with E-state index in [0.717, 1.165) is 0 Å². The molecule has 1 rings (SSSR count). The summed E-state index contributed by atoms with van der Waals surface area (Å²) < 4.78 is 22.5. The summed E-state index contributed by atoms with van der Waals surface area (Å²) in [4.78, 5) is 0.111. The second-order valence-corrected chi connectivity index (χ2v) is 4.67. The topological polar surface area (TPSA) is 72.2 Å². The van der Waals surface area contributed by atoms with Gasteiger partial charge in [-0.2, -0.15) is 0 Å². The first-order chi connectivity index (χ1) is 7.55. The molecule has 0 aliphatic carbocycles. The van der Waals surface area contributed by atoms with Crippen molar-refractivity contribution in [2.45, 2.75) is 18.2 Å². The highest BCUT2D eigenvalue weighted by atomic mass is 32.2. The molecule has 5 heteroatoms. The van der Waals surface area contributed by atoms with Gasteiger partial charge in [-0.05, 0) is 19.1 Å². The van der Waals surface area contributed by atoms with Crippen LogP contribution >= 0.6 is 0 Å². The first kappa shape index (κ1) is 12.6. The molecule has 0 fully saturated rings. The molecule has 0 amide bonds. The van der Waals surface area contributed by atoms with Crippen molar-refractivity contribution in [2.75, 3.05) is 11.9 Å². The van der Waals surface area contributed by atoms with E-state index in [-0.39, 0.29) is 4.90 Å². The normalized spacial score (nSPS) is 10.4. The van der Waals surface area contributed by atoms with E-state index in [1.165, 1.54) is 6.07 Å². The number of nitrogens with one attached hydrogen (secondary N) is 1. The van der Waals surface area contributed by atoms with Crippen molar-refractivity contribution in [1.29, 1.82) is 0 Å². The molecule has 0 atom stereocenters. The third kappa shape index (κ3) is 3.57. The zero-order valence-electron chi connectivity index (χ0n) is 9.03. The number of nitrogens with two attached hydrogens (primary N) is 1. The van der Waals surface area contributed by atoms with Crippen LogP contribution in [0, 0.1) is 11.8 Å². The van der Waals surface area contributed by atoms with Gasteiger partial charge in [0.2, 0.25) is 10.0 Å². The third-order valence-electron chi connectivity index (χ3n) is 1.94. The molecular weight excluding hydrogens is 224 g/mol. The van der Waals surface area contributed by atoms with E-state index in [0.29, 0.717) is 18.7 Å². The van der Waals surface area contributed by atoms with Crippen molar-refractivity contribution in [1.82, 2.24) is 0 Å². The maximum atomic E-state index is 11.3. The number of hydrogen-bond donors (Lipinski definition) is 2. The molecule has 0 unspecified atom stereocenters. The van der Waals surface area contributed by atoms with Gasteiger partial charge in [-0.3, -0.25) is 0 Å². The van der Waals surface area contributed by atoms with Gasteiger partial charge in [0.05, 0.1) is 5.69 Å². The highest BCUT2D eigenvalue weighted by Crippen LogP contribution is 2.18. The lowest BCUT2D eigenvalue weighted by atomic mass is 10.3. The summed E-state index contributed by atoms with van der Waals surface area (Å²) in [5.41, 5.74) is 0.517. The largest absolute Gasteiger partial charge is 0.383 e. The maximum Gasteiger partial charge on any atom is 0.240 e. The summed E-state index contributed by atoms with van der Waals surface area (Å²) in [5, 5.41) is 8.09. The van der Waals surface area contributed by atoms with E-state index >= 15 is 0 Å². The van der Waals surface area contributed by atoms with Crippen molar-refractivity contribution in [2.24, 2.45) is 5.14 Å². The molecule has 3 N–H and O–H groups in total. The number of benzene rings is 1. The Kier molecular flexibility index (Phi) is 4.35. The standard InChI is InChI=1S/C11H14N2O2S/c1-2-3-6-9-13-10-7-4-5-8-11(10)16(12,14)15/h4-5,7-8,13H,6,9H2,1H3,(H2,12,14,15). The average Bonchev–Trinajstić information content (AvgIpc) is 2.24. The van der Waals surface area contributed by atoms with Crippen LogP contribution in [0.5, 0.6) is 0 Å². The SMILES string of the molecule is CC#CCCNc1ccccc1S(N)(=O)=O. The number of anilines is 1. The molecule has 0 spiro atoms. The van der Waals surface area contributed by atoms with E-state index in [2.05, 4.69) is 17.2 Å². The quantitative estimate of drug-likeness (QED) is 0.610. The Morgan fingerprint density at radius 2 is 2.06 bits per heavy atom. The van der Waals surface area contributed by atoms with Gasteiger partial charge in [0.1, 0.15) is 4.90 Å². The van der Waals surface area contributed by atoms with Gasteiger partial charge >= 0.3 is 0 Å². The highest BCUT2D eigenvalue weighted by molar-refractivity contribution is 7.89. The predicted octanol–water partition coefficient (Wildman–Crippen LogP) is 1.16. The molecule has 0 heterocycles. The third-order valence-corrected chi connectivity index (χ3v) is 2.90. The van der Waals surface area contributed by atoms with Gasteiger partial charge in [-0.25, -0.2) is 13.6 Å². The van der Waals surface area contributed by atoms with Gasteiger partial charge in [-0.1, -0.05) is 12.1 Å². The second kappa shape index (κ2) is 5.54. The molecule has 0 saturated heterocycles. The summed E-state index contributed by atoms with van der Waals surface area (Å²) in [6, 6.07) is 6.54. The molecule has 4 nitrogen and oxygen atoms in total. The fourth-order valence-electron chi connectivity index (χ4n) is 1.25. The lowest BCUT2D eigenvalue weighted by molar-refractivity contribution is 0.598. The molecule has 1 aromatic carbocycles. The fraction of sp³-hybridized carbons (Fsp3) is 0.273. The minimum Gasteiger partial charge on any atom is -0.383 e. The van der Waals surface area contributed by atoms with Crippen molar-refractivity contribution in [3.8, 4) is 11.8 Å². The molecule has 0 aromatic heterocycles. The van der Waals surface area contributed by atoms with Gasteiger partial charge in [-0.15, -0.1) is 11.8 Å². The van der Waals surface area contributed by atoms with Crippen LogP contribution in [0.4, 0.5) is 5.69 Å². The van der Waals surface area contributed by atoms with Gasteiger partial charge < -0.3 is 5.32 Å². The van der Waals surface area contributed by atoms with Crippen LogP contribution in [0.2, 0.25) is 0 Å². The molecule has 0 radical (unpaired) electrons. The second-order valence-electron chi connectivity index (χ2n) is 3.14. The Balaban J connectivity index is 2.83. The molecule has 0 aliphatic heterocycles. The van der Waals surface area contributed by atoms with Crippen LogP contribution < -0.4 is 10.5 Å². The molecule has 86 valence electrons. The summed E-state index contributed by atoms with van der Waals surface area (Å²) >= 11 is 0. The smallest absolute Gasteiger partial charge is 0.240 e. The van der Waals surface area contributed by atoms with Crippen molar-refractivity contribution >= 4 is 15.7 Å². The number of para-hydroxylation sites is 1. The predicted molar refractivity (Wildman–Crippen MR) is 64.4 cm³/mol. The summed E-state index contributed by atoms with van der Waals surface area (Å²) in [6.07, 6.45) is 0.662. The molecule has 16 heavy (non-hydrogen) atoms. The van der Waals surface area contributed by atoms with Gasteiger partial charge in [0.25, 0.3) is 0 Å². The van der Waals surface area contributed by atoms with Crippen LogP contribution in [-0.2, 0) is 10.0 Å². The number of hydrogen-bond acceptors (Lipinski definition) is 3. The van der Waals surface area contributed by atoms with Crippen LogP contribution in [0.25, 0.3) is 0 Å². The number of primary sulfonamides is 1. The van der Waals surface area contributed by atoms with Crippen molar-refractivity contribution in [3.05, 3.63) is 24.3 Å². The minimum atomic E-state index is -3.67. The number of rotatable bonds is 4. The monoisotopic (exact) mass is 238 g/mol. The lowest BCUT2D eigenvalue weighted by Crippen LogP contribution is -2.15. The average molecular weight is 238 g/mol. The molecule has 1 aromatic rings. The van der Waals surface area contributed by atoms with Crippen molar-refractivity contribution in [3.63, 3.8) is 0 Å². The Hall–Kier alpha value is -1.51. The lowest BCUT2D eigenvalue weighted by Gasteiger charge is -2.08. The van der Waals surface area contributed by atoms with E-state index < -0.39 is 10.0 Å². The van der Waals surface area contributed by atoms with E-state index in [9.17, 15) is 8.42 Å². The van der Waals surface area contributed by atoms with E-state index in [1.807, 2.05) is 0 Å². The van der Waals surface area contributed by atoms with Crippen LogP contribution in [-0.4, -0.2) is 15.0 Å². The zero-order valence-corrected chi connectivity index (χ0v) is 9.84. The first-order valence-corrected chi connectivity index (χ1v) is 6.35. The molecule has 0 bridgehead atoms. The van der Waals surface area contributed by atoms with Crippen LogP contribution in [0.1, 0.15) is 13.3 Å². The Bertz CT molecular complexity index is 512. The maximum absolute atomic E-state index is 11.3. The first-order valence-electron chi connectivity index (χ1n) is 4.81. The highest BCUT2D eigenvalue weighted by Gasteiger charge is 2.11.